The normalized spacial score (nSPS) is 9.64. The smallest absolute Gasteiger partial charge is 0.341 e. The molecule has 1 rings (SSSR count). The third-order valence-electron chi connectivity index (χ3n) is 1.77. The molecule has 1 aromatic heterocycles. The first kappa shape index (κ1) is 10.4. The van der Waals surface area contributed by atoms with E-state index in [1.54, 1.807) is 0 Å². The highest BCUT2D eigenvalue weighted by atomic mass is 16.5. The van der Waals surface area contributed by atoms with Crippen molar-refractivity contribution in [3.63, 3.8) is 0 Å². The molecule has 1 heterocycles. The summed E-state index contributed by atoms with van der Waals surface area (Å²) in [5, 5.41) is 0. The van der Waals surface area contributed by atoms with Gasteiger partial charge in [0.2, 0.25) is 0 Å². The lowest BCUT2D eigenvalue weighted by molar-refractivity contribution is 0.0598. The van der Waals surface area contributed by atoms with E-state index < -0.39 is 5.97 Å². The first-order chi connectivity index (χ1) is 6.72. The third kappa shape index (κ3) is 1.99. The van der Waals surface area contributed by atoms with Crippen LogP contribution in [0.1, 0.15) is 23.0 Å². The SMILES string of the molecule is CCc1nc(OC)ncc1C(=O)OC. The maximum atomic E-state index is 11.2. The Morgan fingerprint density at radius 2 is 2.21 bits per heavy atom. The fourth-order valence-electron chi connectivity index (χ4n) is 1.05. The van der Waals surface area contributed by atoms with E-state index in [0.717, 1.165) is 0 Å². The number of hydrogen-bond donors (Lipinski definition) is 0. The largest absolute Gasteiger partial charge is 0.467 e. The minimum atomic E-state index is -0.426. The van der Waals surface area contributed by atoms with Gasteiger partial charge in [-0.3, -0.25) is 0 Å². The molecular formula is C9H12N2O3. The van der Waals surface area contributed by atoms with E-state index >= 15 is 0 Å². The number of aromatic nitrogens is 2. The molecule has 0 radical (unpaired) electrons. The molecule has 5 heteroatoms. The minimum Gasteiger partial charge on any atom is -0.467 e. The Labute approximate surface area is 82.1 Å². The summed E-state index contributed by atoms with van der Waals surface area (Å²) in [6.45, 7) is 1.90. The molecule has 0 aliphatic rings. The molecule has 14 heavy (non-hydrogen) atoms. The molecule has 5 nitrogen and oxygen atoms in total. The zero-order chi connectivity index (χ0) is 10.6. The fraction of sp³-hybridized carbons (Fsp3) is 0.444. The quantitative estimate of drug-likeness (QED) is 0.670. The number of esters is 1. The molecule has 0 bridgehead atoms. The van der Waals surface area contributed by atoms with Crippen molar-refractivity contribution < 1.29 is 14.3 Å². The van der Waals surface area contributed by atoms with Crippen molar-refractivity contribution in [2.45, 2.75) is 13.3 Å². The van der Waals surface area contributed by atoms with Crippen molar-refractivity contribution >= 4 is 5.97 Å². The number of hydrogen-bond acceptors (Lipinski definition) is 5. The maximum Gasteiger partial charge on any atom is 0.341 e. The van der Waals surface area contributed by atoms with Crippen LogP contribution in [0, 0.1) is 0 Å². The van der Waals surface area contributed by atoms with Gasteiger partial charge in [-0.1, -0.05) is 6.92 Å². The molecule has 1 aromatic rings. The van der Waals surface area contributed by atoms with Crippen LogP contribution in [0.25, 0.3) is 0 Å². The van der Waals surface area contributed by atoms with Crippen molar-refractivity contribution in [3.05, 3.63) is 17.5 Å². The van der Waals surface area contributed by atoms with Gasteiger partial charge in [-0.05, 0) is 6.42 Å². The Hall–Kier alpha value is -1.65. The van der Waals surface area contributed by atoms with Crippen LogP contribution in [0.15, 0.2) is 6.20 Å². The lowest BCUT2D eigenvalue weighted by Gasteiger charge is -2.05. The average molecular weight is 196 g/mol. The van der Waals surface area contributed by atoms with Gasteiger partial charge in [-0.25, -0.2) is 9.78 Å². The van der Waals surface area contributed by atoms with Gasteiger partial charge in [-0.15, -0.1) is 0 Å². The summed E-state index contributed by atoms with van der Waals surface area (Å²) < 4.78 is 9.44. The summed E-state index contributed by atoms with van der Waals surface area (Å²) in [4.78, 5) is 19.1. The van der Waals surface area contributed by atoms with Crippen LogP contribution in [0.2, 0.25) is 0 Å². The molecule has 0 saturated heterocycles. The van der Waals surface area contributed by atoms with Crippen molar-refractivity contribution in [1.29, 1.82) is 0 Å². The summed E-state index contributed by atoms with van der Waals surface area (Å²) in [5.41, 5.74) is 1.01. The molecule has 0 saturated carbocycles. The average Bonchev–Trinajstić information content (AvgIpc) is 2.27. The second kappa shape index (κ2) is 4.55. The van der Waals surface area contributed by atoms with Gasteiger partial charge in [0.1, 0.15) is 0 Å². The van der Waals surface area contributed by atoms with Crippen molar-refractivity contribution in [1.82, 2.24) is 9.97 Å². The first-order valence-electron chi connectivity index (χ1n) is 4.21. The lowest BCUT2D eigenvalue weighted by Crippen LogP contribution is -2.09. The van der Waals surface area contributed by atoms with Crippen LogP contribution in [0.4, 0.5) is 0 Å². The number of carbonyl (C=O) groups is 1. The van der Waals surface area contributed by atoms with Crippen LogP contribution >= 0.6 is 0 Å². The predicted octanol–water partition coefficient (Wildman–Crippen LogP) is 0.834. The Morgan fingerprint density at radius 1 is 1.50 bits per heavy atom. The predicted molar refractivity (Wildman–Crippen MR) is 49.3 cm³/mol. The molecular weight excluding hydrogens is 184 g/mol. The van der Waals surface area contributed by atoms with Gasteiger partial charge >= 0.3 is 12.0 Å². The topological polar surface area (TPSA) is 61.3 Å². The van der Waals surface area contributed by atoms with Gasteiger partial charge in [0, 0.05) is 6.20 Å². The van der Waals surface area contributed by atoms with Gasteiger partial charge < -0.3 is 9.47 Å². The summed E-state index contributed by atoms with van der Waals surface area (Å²) in [6, 6.07) is 0.259. The third-order valence-corrected chi connectivity index (χ3v) is 1.77. The molecule has 0 aliphatic carbocycles. The molecule has 0 fully saturated rings. The maximum absolute atomic E-state index is 11.2. The standard InChI is InChI=1S/C9H12N2O3/c1-4-7-6(8(12)13-2)5-10-9(11-7)14-3/h5H,4H2,1-3H3. The number of aryl methyl sites for hydroxylation is 1. The summed E-state index contributed by atoms with van der Waals surface area (Å²) in [5.74, 6) is -0.426. The van der Waals surface area contributed by atoms with Crippen LogP contribution in [-0.2, 0) is 11.2 Å². The fourth-order valence-corrected chi connectivity index (χ4v) is 1.05. The highest BCUT2D eigenvalue weighted by Gasteiger charge is 2.13. The van der Waals surface area contributed by atoms with Gasteiger partial charge in [-0.2, -0.15) is 4.98 Å². The van der Waals surface area contributed by atoms with E-state index in [9.17, 15) is 4.79 Å². The number of methoxy groups -OCH3 is 2. The van der Waals surface area contributed by atoms with Gasteiger partial charge in [0.05, 0.1) is 25.5 Å². The second-order valence-electron chi connectivity index (χ2n) is 2.56. The number of rotatable bonds is 3. The van der Waals surface area contributed by atoms with Crippen LogP contribution in [0.5, 0.6) is 6.01 Å². The Balaban J connectivity index is 3.11. The Kier molecular flexibility index (Phi) is 3.39. The van der Waals surface area contributed by atoms with Crippen LogP contribution in [0.3, 0.4) is 0 Å². The molecule has 0 unspecified atom stereocenters. The summed E-state index contributed by atoms with van der Waals surface area (Å²) in [6.07, 6.45) is 2.04. The van der Waals surface area contributed by atoms with Crippen molar-refractivity contribution in [3.8, 4) is 6.01 Å². The van der Waals surface area contributed by atoms with E-state index in [1.807, 2.05) is 6.92 Å². The summed E-state index contributed by atoms with van der Waals surface area (Å²) >= 11 is 0. The number of ether oxygens (including phenoxy) is 2. The van der Waals surface area contributed by atoms with Gasteiger partial charge in [0.25, 0.3) is 0 Å². The van der Waals surface area contributed by atoms with E-state index in [1.165, 1.54) is 20.4 Å². The van der Waals surface area contributed by atoms with Crippen molar-refractivity contribution in [2.24, 2.45) is 0 Å². The zero-order valence-electron chi connectivity index (χ0n) is 8.40. The number of carbonyl (C=O) groups excluding carboxylic acids is 1. The molecule has 0 atom stereocenters. The molecule has 0 aliphatic heterocycles. The highest BCUT2D eigenvalue weighted by molar-refractivity contribution is 5.90. The Bertz CT molecular complexity index is 339. The van der Waals surface area contributed by atoms with Crippen LogP contribution < -0.4 is 4.74 Å². The molecule has 0 spiro atoms. The Morgan fingerprint density at radius 3 is 2.71 bits per heavy atom. The highest BCUT2D eigenvalue weighted by Crippen LogP contribution is 2.10. The monoisotopic (exact) mass is 196 g/mol. The second-order valence-corrected chi connectivity index (χ2v) is 2.56. The van der Waals surface area contributed by atoms with Gasteiger partial charge in [0.15, 0.2) is 0 Å². The lowest BCUT2D eigenvalue weighted by atomic mass is 10.2. The van der Waals surface area contributed by atoms with E-state index in [4.69, 9.17) is 4.74 Å². The first-order valence-corrected chi connectivity index (χ1v) is 4.21. The summed E-state index contributed by atoms with van der Waals surface area (Å²) in [7, 11) is 2.80. The molecule has 0 amide bonds. The number of nitrogens with zero attached hydrogens (tertiary/aromatic N) is 2. The molecule has 76 valence electrons. The van der Waals surface area contributed by atoms with E-state index in [-0.39, 0.29) is 6.01 Å². The molecule has 0 N–H and O–H groups in total. The minimum absolute atomic E-state index is 0.259. The zero-order valence-corrected chi connectivity index (χ0v) is 8.40. The van der Waals surface area contributed by atoms with Crippen LogP contribution in [-0.4, -0.2) is 30.2 Å². The molecule has 0 aromatic carbocycles. The van der Waals surface area contributed by atoms with Crippen molar-refractivity contribution in [2.75, 3.05) is 14.2 Å². The van der Waals surface area contributed by atoms with E-state index in [0.29, 0.717) is 17.7 Å². The van der Waals surface area contributed by atoms with E-state index in [2.05, 4.69) is 14.7 Å².